The Balaban J connectivity index is 2.32. The van der Waals surface area contributed by atoms with Crippen LogP contribution < -0.4 is 5.73 Å². The molecule has 0 spiro atoms. The second-order valence-corrected chi connectivity index (χ2v) is 7.04. The lowest BCUT2D eigenvalue weighted by Gasteiger charge is -2.17. The summed E-state index contributed by atoms with van der Waals surface area (Å²) in [5.41, 5.74) is 9.80. The maximum absolute atomic E-state index is 5.89. The molecule has 0 amide bonds. The zero-order valence-electron chi connectivity index (χ0n) is 12.2. The highest BCUT2D eigenvalue weighted by Crippen LogP contribution is 2.32. The third kappa shape index (κ3) is 3.35. The molecule has 0 aliphatic carbocycles. The zero-order chi connectivity index (χ0) is 14.0. The first kappa shape index (κ1) is 14.1. The summed E-state index contributed by atoms with van der Waals surface area (Å²) in [7, 11) is 0. The van der Waals surface area contributed by atoms with Crippen molar-refractivity contribution in [1.82, 2.24) is 4.98 Å². The van der Waals surface area contributed by atoms with E-state index in [4.69, 9.17) is 5.73 Å². The number of aryl methyl sites for hydroxylation is 1. The summed E-state index contributed by atoms with van der Waals surface area (Å²) >= 11 is 1.62. The molecule has 102 valence electrons. The van der Waals surface area contributed by atoms with Crippen LogP contribution in [0.4, 0.5) is 5.13 Å². The molecule has 0 fully saturated rings. The van der Waals surface area contributed by atoms with Crippen molar-refractivity contribution in [2.24, 2.45) is 0 Å². The van der Waals surface area contributed by atoms with E-state index in [0.29, 0.717) is 5.13 Å². The van der Waals surface area contributed by atoms with E-state index < -0.39 is 0 Å². The van der Waals surface area contributed by atoms with Gasteiger partial charge in [0.15, 0.2) is 5.13 Å². The van der Waals surface area contributed by atoms with Crippen molar-refractivity contribution in [1.29, 1.82) is 0 Å². The lowest BCUT2D eigenvalue weighted by Crippen LogP contribution is -2.14. The summed E-state index contributed by atoms with van der Waals surface area (Å²) in [4.78, 5) is 5.81. The van der Waals surface area contributed by atoms with Crippen molar-refractivity contribution >= 4 is 16.5 Å². The third-order valence-corrected chi connectivity index (χ3v) is 4.07. The summed E-state index contributed by atoms with van der Waals surface area (Å²) in [6.07, 6.45) is 2.00. The minimum atomic E-state index is 0.0474. The molecule has 1 heterocycles. The van der Waals surface area contributed by atoms with Crippen LogP contribution in [0.25, 0.3) is 0 Å². The van der Waals surface area contributed by atoms with Crippen molar-refractivity contribution < 1.29 is 0 Å². The first-order valence-electron chi connectivity index (χ1n) is 6.73. The number of hydrogen-bond donors (Lipinski definition) is 1. The third-order valence-electron chi connectivity index (χ3n) is 3.19. The highest BCUT2D eigenvalue weighted by molar-refractivity contribution is 7.15. The van der Waals surface area contributed by atoms with Crippen molar-refractivity contribution in [3.8, 4) is 0 Å². The van der Waals surface area contributed by atoms with Crippen LogP contribution >= 0.6 is 11.3 Å². The summed E-state index contributed by atoms with van der Waals surface area (Å²) in [5.74, 6) is 0. The molecule has 1 aromatic carbocycles. The van der Waals surface area contributed by atoms with Crippen LogP contribution in [0.2, 0.25) is 0 Å². The van der Waals surface area contributed by atoms with E-state index in [1.807, 2.05) is 0 Å². The lowest BCUT2D eigenvalue weighted by atomic mass is 9.90. The molecule has 2 rings (SSSR count). The number of nitrogen functional groups attached to an aromatic ring is 1. The predicted molar refractivity (Wildman–Crippen MR) is 83.9 cm³/mol. The van der Waals surface area contributed by atoms with Crippen molar-refractivity contribution in [2.75, 3.05) is 5.73 Å². The van der Waals surface area contributed by atoms with Crippen molar-refractivity contribution in [3.05, 3.63) is 46.0 Å². The van der Waals surface area contributed by atoms with Crippen LogP contribution in [0.3, 0.4) is 0 Å². The fraction of sp³-hybridized carbons (Fsp3) is 0.438. The van der Waals surface area contributed by atoms with Crippen molar-refractivity contribution in [2.45, 2.75) is 46.0 Å². The maximum Gasteiger partial charge on any atom is 0.180 e. The molecule has 0 bridgehead atoms. The van der Waals surface area contributed by atoms with E-state index in [9.17, 15) is 0 Å². The maximum atomic E-state index is 5.89. The Kier molecular flexibility index (Phi) is 3.95. The lowest BCUT2D eigenvalue weighted by molar-refractivity contribution is 0.568. The summed E-state index contributed by atoms with van der Waals surface area (Å²) in [6.45, 7) is 8.75. The molecule has 0 saturated heterocycles. The average molecular weight is 274 g/mol. The number of anilines is 1. The van der Waals surface area contributed by atoms with E-state index in [1.54, 1.807) is 11.3 Å². The van der Waals surface area contributed by atoms with Gasteiger partial charge in [-0.25, -0.2) is 4.98 Å². The number of nitrogens with two attached hydrogens (primary N) is 1. The van der Waals surface area contributed by atoms with Crippen LogP contribution in [0, 0.1) is 0 Å². The molecule has 2 aromatic rings. The SMILES string of the molecule is CCc1cccc(Cc2sc(N)nc2C(C)(C)C)c1. The van der Waals surface area contributed by atoms with Gasteiger partial charge < -0.3 is 5.73 Å². The Morgan fingerprint density at radius 2 is 1.89 bits per heavy atom. The summed E-state index contributed by atoms with van der Waals surface area (Å²) in [5, 5.41) is 0.673. The Labute approximate surface area is 119 Å². The normalized spacial score (nSPS) is 11.8. The fourth-order valence-electron chi connectivity index (χ4n) is 2.22. The standard InChI is InChI=1S/C16H22N2S/c1-5-11-7-6-8-12(9-11)10-13-14(16(2,3)4)18-15(17)19-13/h6-9H,5,10H2,1-4H3,(H2,17,18). The van der Waals surface area contributed by atoms with Gasteiger partial charge in [0.25, 0.3) is 0 Å². The molecule has 0 aliphatic heterocycles. The van der Waals surface area contributed by atoms with Crippen LogP contribution in [-0.2, 0) is 18.3 Å². The molecule has 0 radical (unpaired) electrons. The molecule has 3 heteroatoms. The number of aromatic nitrogens is 1. The van der Waals surface area contributed by atoms with E-state index in [2.05, 4.69) is 56.9 Å². The Morgan fingerprint density at radius 3 is 2.53 bits per heavy atom. The summed E-state index contributed by atoms with van der Waals surface area (Å²) < 4.78 is 0. The van der Waals surface area contributed by atoms with E-state index in [0.717, 1.165) is 18.5 Å². The quantitative estimate of drug-likeness (QED) is 0.912. The largest absolute Gasteiger partial charge is 0.375 e. The molecular weight excluding hydrogens is 252 g/mol. The van der Waals surface area contributed by atoms with Gasteiger partial charge in [0, 0.05) is 16.7 Å². The second-order valence-electron chi connectivity index (χ2n) is 5.92. The first-order valence-corrected chi connectivity index (χ1v) is 7.55. The first-order chi connectivity index (χ1) is 8.90. The highest BCUT2D eigenvalue weighted by Gasteiger charge is 2.22. The van der Waals surface area contributed by atoms with E-state index in [-0.39, 0.29) is 5.41 Å². The van der Waals surface area contributed by atoms with E-state index >= 15 is 0 Å². The molecule has 0 atom stereocenters. The molecule has 2 nitrogen and oxygen atoms in total. The van der Waals surface area contributed by atoms with Crippen LogP contribution in [-0.4, -0.2) is 4.98 Å². The monoisotopic (exact) mass is 274 g/mol. The van der Waals surface area contributed by atoms with Crippen LogP contribution in [0.1, 0.15) is 49.4 Å². The van der Waals surface area contributed by atoms with Gasteiger partial charge in [0.2, 0.25) is 0 Å². The summed E-state index contributed by atoms with van der Waals surface area (Å²) in [6, 6.07) is 8.77. The Hall–Kier alpha value is -1.35. The molecule has 1 aromatic heterocycles. The van der Waals surface area contributed by atoms with Gasteiger partial charge in [-0.05, 0) is 17.5 Å². The van der Waals surface area contributed by atoms with Crippen LogP contribution in [0.15, 0.2) is 24.3 Å². The Morgan fingerprint density at radius 1 is 1.21 bits per heavy atom. The fourth-order valence-corrected chi connectivity index (χ4v) is 3.30. The van der Waals surface area contributed by atoms with Gasteiger partial charge in [-0.1, -0.05) is 52.0 Å². The minimum Gasteiger partial charge on any atom is -0.375 e. The number of rotatable bonds is 3. The molecule has 0 unspecified atom stereocenters. The zero-order valence-corrected chi connectivity index (χ0v) is 13.0. The molecular formula is C16H22N2S. The number of nitrogens with zero attached hydrogens (tertiary/aromatic N) is 1. The molecule has 2 N–H and O–H groups in total. The topological polar surface area (TPSA) is 38.9 Å². The highest BCUT2D eigenvalue weighted by atomic mass is 32.1. The number of thiazole rings is 1. The van der Waals surface area contributed by atoms with Gasteiger partial charge in [-0.15, -0.1) is 11.3 Å². The molecule has 0 saturated carbocycles. The minimum absolute atomic E-state index is 0.0474. The molecule has 19 heavy (non-hydrogen) atoms. The van der Waals surface area contributed by atoms with Crippen LogP contribution in [0.5, 0.6) is 0 Å². The Bertz CT molecular complexity index is 564. The van der Waals surface area contributed by atoms with Gasteiger partial charge in [-0.2, -0.15) is 0 Å². The van der Waals surface area contributed by atoms with Crippen molar-refractivity contribution in [3.63, 3.8) is 0 Å². The number of hydrogen-bond acceptors (Lipinski definition) is 3. The molecule has 0 aliphatic rings. The average Bonchev–Trinajstić information content (AvgIpc) is 2.70. The smallest absolute Gasteiger partial charge is 0.180 e. The van der Waals surface area contributed by atoms with Gasteiger partial charge in [0.1, 0.15) is 0 Å². The van der Waals surface area contributed by atoms with Gasteiger partial charge in [-0.3, -0.25) is 0 Å². The van der Waals surface area contributed by atoms with Gasteiger partial charge >= 0.3 is 0 Å². The van der Waals surface area contributed by atoms with Gasteiger partial charge in [0.05, 0.1) is 5.69 Å². The predicted octanol–water partition coefficient (Wildman–Crippen LogP) is 4.18. The van der Waals surface area contributed by atoms with E-state index in [1.165, 1.54) is 16.0 Å². The second kappa shape index (κ2) is 5.33. The number of benzene rings is 1.